The van der Waals surface area contributed by atoms with Gasteiger partial charge in [0.2, 0.25) is 0 Å². The minimum atomic E-state index is -1.29. The van der Waals surface area contributed by atoms with Gasteiger partial charge in [0.25, 0.3) is 0 Å². The highest BCUT2D eigenvalue weighted by atomic mass is 16.4. The van der Waals surface area contributed by atoms with Gasteiger partial charge >= 0.3 is 5.69 Å². The summed E-state index contributed by atoms with van der Waals surface area (Å²) in [4.78, 5) is 24.3. The number of nitrogens with zero attached hydrogens (tertiary/aromatic N) is 1. The van der Waals surface area contributed by atoms with E-state index in [4.69, 9.17) is 0 Å². The molecule has 16 heavy (non-hydrogen) atoms. The number of nitrogens with one attached hydrogen (secondary N) is 1. The molecule has 1 N–H and O–H groups in total. The lowest BCUT2D eigenvalue weighted by Gasteiger charge is -2.00. The molecule has 82 valence electrons. The summed E-state index contributed by atoms with van der Waals surface area (Å²) in [5, 5.41) is 10.4. The van der Waals surface area contributed by atoms with E-state index in [0.29, 0.717) is 5.69 Å². The summed E-state index contributed by atoms with van der Waals surface area (Å²) in [5.74, 6) is -1.29. The second-order valence-corrected chi connectivity index (χ2v) is 3.34. The Bertz CT molecular complexity index is 554. The molecule has 0 unspecified atom stereocenters. The van der Waals surface area contributed by atoms with Crippen molar-refractivity contribution in [2.24, 2.45) is 0 Å². The Labute approximate surface area is 91.0 Å². The van der Waals surface area contributed by atoms with Crippen LogP contribution in [0.2, 0.25) is 0 Å². The molecule has 0 saturated carbocycles. The summed E-state index contributed by atoms with van der Waals surface area (Å²) >= 11 is 0. The molecule has 5 heteroatoms. The molecule has 0 atom stereocenters. The molecule has 1 aromatic carbocycles. The molecule has 5 nitrogen and oxygen atoms in total. The Hall–Kier alpha value is -2.30. The molecule has 1 heterocycles. The summed E-state index contributed by atoms with van der Waals surface area (Å²) in [6.07, 6.45) is 1.47. The van der Waals surface area contributed by atoms with E-state index >= 15 is 0 Å². The van der Waals surface area contributed by atoms with E-state index in [-0.39, 0.29) is 0 Å². The molecule has 0 fully saturated rings. The van der Waals surface area contributed by atoms with E-state index in [1.807, 2.05) is 30.3 Å². The fourth-order valence-electron chi connectivity index (χ4n) is 1.45. The lowest BCUT2D eigenvalue weighted by Crippen LogP contribution is -2.31. The van der Waals surface area contributed by atoms with Crippen LogP contribution in [0.5, 0.6) is 0 Å². The van der Waals surface area contributed by atoms with Crippen molar-refractivity contribution in [1.29, 1.82) is 0 Å². The lowest BCUT2D eigenvalue weighted by molar-refractivity contribution is -0.306. The highest BCUT2D eigenvalue weighted by Gasteiger charge is 2.04. The van der Waals surface area contributed by atoms with Gasteiger partial charge < -0.3 is 14.9 Å². The van der Waals surface area contributed by atoms with Crippen LogP contribution in [0, 0.1) is 0 Å². The molecule has 0 aliphatic carbocycles. The zero-order chi connectivity index (χ0) is 11.5. The first-order valence-corrected chi connectivity index (χ1v) is 4.71. The number of hydrogen-bond donors (Lipinski definition) is 1. The summed E-state index contributed by atoms with van der Waals surface area (Å²) in [7, 11) is 0. The minimum Gasteiger partial charge on any atom is -0.548 e. The molecular weight excluding hydrogens is 208 g/mol. The molecule has 0 aliphatic heterocycles. The van der Waals surface area contributed by atoms with Gasteiger partial charge in [0.05, 0.1) is 18.2 Å². The van der Waals surface area contributed by atoms with Crippen molar-refractivity contribution in [2.45, 2.75) is 6.54 Å². The summed E-state index contributed by atoms with van der Waals surface area (Å²) in [6.45, 7) is -0.442. The average molecular weight is 217 g/mol. The highest BCUT2D eigenvalue weighted by molar-refractivity contribution is 5.64. The van der Waals surface area contributed by atoms with Crippen LogP contribution in [0.3, 0.4) is 0 Å². The van der Waals surface area contributed by atoms with Crippen LogP contribution in [0.1, 0.15) is 0 Å². The monoisotopic (exact) mass is 217 g/mol. The number of carbonyl (C=O) groups excluding carboxylic acids is 1. The van der Waals surface area contributed by atoms with Crippen molar-refractivity contribution in [3.05, 3.63) is 47.0 Å². The quantitative estimate of drug-likeness (QED) is 0.759. The second-order valence-electron chi connectivity index (χ2n) is 3.34. The van der Waals surface area contributed by atoms with Crippen molar-refractivity contribution in [2.75, 3.05) is 0 Å². The van der Waals surface area contributed by atoms with Crippen molar-refractivity contribution in [3.8, 4) is 11.3 Å². The van der Waals surface area contributed by atoms with Gasteiger partial charge in [0, 0.05) is 6.20 Å². The smallest absolute Gasteiger partial charge is 0.326 e. The first-order chi connectivity index (χ1) is 7.66. The Morgan fingerprint density at radius 2 is 2.00 bits per heavy atom. The number of aromatic amines is 1. The first kappa shape index (κ1) is 10.2. The van der Waals surface area contributed by atoms with Crippen LogP contribution in [0.15, 0.2) is 41.3 Å². The third-order valence-electron chi connectivity index (χ3n) is 2.17. The van der Waals surface area contributed by atoms with Gasteiger partial charge in [-0.3, -0.25) is 4.57 Å². The van der Waals surface area contributed by atoms with E-state index in [1.165, 1.54) is 6.20 Å². The van der Waals surface area contributed by atoms with Gasteiger partial charge in [-0.05, 0) is 5.56 Å². The average Bonchev–Trinajstić information content (AvgIpc) is 2.61. The molecule has 0 bridgehead atoms. The maximum absolute atomic E-state index is 11.4. The van der Waals surface area contributed by atoms with Crippen LogP contribution in [-0.2, 0) is 11.3 Å². The van der Waals surface area contributed by atoms with Crippen LogP contribution in [0.4, 0.5) is 0 Å². The SMILES string of the molecule is O=C([O-])Cn1cc(-c2ccccc2)[nH]c1=O. The van der Waals surface area contributed by atoms with E-state index in [2.05, 4.69) is 4.98 Å². The number of hydrogen-bond acceptors (Lipinski definition) is 3. The fraction of sp³-hybridized carbons (Fsp3) is 0.0909. The largest absolute Gasteiger partial charge is 0.548 e. The second kappa shape index (κ2) is 4.06. The van der Waals surface area contributed by atoms with E-state index in [1.54, 1.807) is 0 Å². The maximum Gasteiger partial charge on any atom is 0.326 e. The Morgan fingerprint density at radius 3 is 2.62 bits per heavy atom. The van der Waals surface area contributed by atoms with Crippen molar-refractivity contribution in [3.63, 3.8) is 0 Å². The van der Waals surface area contributed by atoms with Crippen LogP contribution < -0.4 is 10.8 Å². The zero-order valence-corrected chi connectivity index (χ0v) is 8.34. The predicted octanol–water partition coefficient (Wildman–Crippen LogP) is -0.407. The van der Waals surface area contributed by atoms with Crippen LogP contribution in [0.25, 0.3) is 11.3 Å². The number of carbonyl (C=O) groups is 1. The van der Waals surface area contributed by atoms with Crippen molar-refractivity contribution < 1.29 is 9.90 Å². The topological polar surface area (TPSA) is 77.9 Å². The number of aliphatic carboxylic acids is 1. The maximum atomic E-state index is 11.4. The lowest BCUT2D eigenvalue weighted by atomic mass is 10.2. The standard InChI is InChI=1S/C11H10N2O3/c14-10(15)7-13-6-9(12-11(13)16)8-4-2-1-3-5-8/h1-6H,7H2,(H,12,16)(H,14,15)/p-1. The number of imidazole rings is 1. The predicted molar refractivity (Wildman–Crippen MR) is 55.5 cm³/mol. The number of carboxylic acids is 1. The number of rotatable bonds is 3. The molecule has 2 aromatic rings. The Kier molecular flexibility index (Phi) is 2.59. The molecular formula is C11H9N2O3-. The molecule has 0 aliphatic rings. The summed E-state index contributed by atoms with van der Waals surface area (Å²) in [5.41, 5.74) is 0.964. The number of H-pyrrole nitrogens is 1. The van der Waals surface area contributed by atoms with E-state index < -0.39 is 18.2 Å². The fourth-order valence-corrected chi connectivity index (χ4v) is 1.45. The van der Waals surface area contributed by atoms with Crippen LogP contribution in [-0.4, -0.2) is 15.5 Å². The van der Waals surface area contributed by atoms with Gasteiger partial charge in [-0.15, -0.1) is 0 Å². The third kappa shape index (κ3) is 2.03. The third-order valence-corrected chi connectivity index (χ3v) is 2.17. The zero-order valence-electron chi connectivity index (χ0n) is 8.34. The normalized spacial score (nSPS) is 10.2. The number of aromatic nitrogens is 2. The summed E-state index contributed by atoms with van der Waals surface area (Å²) < 4.78 is 1.07. The van der Waals surface area contributed by atoms with E-state index in [9.17, 15) is 14.7 Å². The Balaban J connectivity index is 2.38. The van der Waals surface area contributed by atoms with Crippen molar-refractivity contribution in [1.82, 2.24) is 9.55 Å². The Morgan fingerprint density at radius 1 is 1.31 bits per heavy atom. The number of benzene rings is 1. The molecule has 0 amide bonds. The summed E-state index contributed by atoms with van der Waals surface area (Å²) in [6, 6.07) is 9.19. The van der Waals surface area contributed by atoms with Crippen LogP contribution >= 0.6 is 0 Å². The van der Waals surface area contributed by atoms with Gasteiger partial charge in [-0.25, -0.2) is 4.79 Å². The van der Waals surface area contributed by atoms with Gasteiger partial charge in [-0.2, -0.15) is 0 Å². The highest BCUT2D eigenvalue weighted by Crippen LogP contribution is 2.13. The number of carboxylic acid groups (broad SMARTS) is 1. The first-order valence-electron chi connectivity index (χ1n) is 4.71. The van der Waals surface area contributed by atoms with Gasteiger partial charge in [0.15, 0.2) is 0 Å². The van der Waals surface area contributed by atoms with E-state index in [0.717, 1.165) is 10.1 Å². The van der Waals surface area contributed by atoms with Crippen molar-refractivity contribution >= 4 is 5.97 Å². The molecule has 1 aromatic heterocycles. The molecule has 0 spiro atoms. The van der Waals surface area contributed by atoms with Gasteiger partial charge in [0.1, 0.15) is 0 Å². The molecule has 0 saturated heterocycles. The minimum absolute atomic E-state index is 0.442. The molecule has 0 radical (unpaired) electrons. The van der Waals surface area contributed by atoms with Gasteiger partial charge in [-0.1, -0.05) is 30.3 Å². The molecule has 2 rings (SSSR count).